The van der Waals surface area contributed by atoms with Gasteiger partial charge >= 0.3 is 0 Å². The van der Waals surface area contributed by atoms with Gasteiger partial charge in [-0.05, 0) is 56.2 Å². The van der Waals surface area contributed by atoms with E-state index in [1.165, 1.54) is 18.4 Å². The fourth-order valence-electron chi connectivity index (χ4n) is 4.96. The topological polar surface area (TPSA) is 43.9 Å². The molecule has 2 amide bonds. The molecule has 1 aliphatic carbocycles. The van der Waals surface area contributed by atoms with E-state index in [-0.39, 0.29) is 17.2 Å². The van der Waals surface area contributed by atoms with Crippen molar-refractivity contribution < 1.29 is 9.59 Å². The minimum atomic E-state index is 0.0115. The van der Waals surface area contributed by atoms with Crippen molar-refractivity contribution in [3.8, 4) is 0 Å². The molecule has 0 unspecified atom stereocenters. The van der Waals surface area contributed by atoms with E-state index in [0.29, 0.717) is 18.4 Å². The van der Waals surface area contributed by atoms with Gasteiger partial charge < -0.3 is 14.7 Å². The molecular formula is C23H33N3O2. The zero-order chi connectivity index (χ0) is 19.7. The minimum Gasteiger partial charge on any atom is -0.349 e. The third-order valence-electron chi connectivity index (χ3n) is 6.97. The molecular weight excluding hydrogens is 350 g/mol. The van der Waals surface area contributed by atoms with Crippen molar-refractivity contribution >= 4 is 11.8 Å². The number of hydrogen-bond acceptors (Lipinski definition) is 3. The molecule has 1 saturated carbocycles. The highest BCUT2D eigenvalue weighted by Crippen LogP contribution is 2.48. The normalized spacial score (nSPS) is 25.1. The van der Waals surface area contributed by atoms with Gasteiger partial charge in [-0.1, -0.05) is 30.3 Å². The Hall–Kier alpha value is -1.88. The largest absolute Gasteiger partial charge is 0.349 e. The molecule has 1 aromatic carbocycles. The number of nitrogens with zero attached hydrogens (tertiary/aromatic N) is 3. The molecule has 28 heavy (non-hydrogen) atoms. The summed E-state index contributed by atoms with van der Waals surface area (Å²) < 4.78 is 0. The van der Waals surface area contributed by atoms with Gasteiger partial charge in [0.1, 0.15) is 0 Å². The maximum Gasteiger partial charge on any atom is 0.230 e. The standard InChI is InChI=1S/C23H33N3O2/c1-24(2)21(27)10-13-25-14-11-23(12-15-25)16-20(18-6-4-3-5-7-18)22(28)26(17-23)19-8-9-19/h3-7,19-20H,8-17H2,1-2H3/t20-/m1/s1. The van der Waals surface area contributed by atoms with Crippen LogP contribution < -0.4 is 0 Å². The Morgan fingerprint density at radius 3 is 2.43 bits per heavy atom. The van der Waals surface area contributed by atoms with Gasteiger partial charge in [-0.2, -0.15) is 0 Å². The van der Waals surface area contributed by atoms with Crippen LogP contribution in [0.1, 0.15) is 50.0 Å². The first-order valence-electron chi connectivity index (χ1n) is 10.8. The Labute approximate surface area is 168 Å². The molecule has 4 rings (SSSR count). The second-order valence-electron chi connectivity index (χ2n) is 9.24. The highest BCUT2D eigenvalue weighted by Gasteiger charge is 2.49. The van der Waals surface area contributed by atoms with Gasteiger partial charge in [-0.15, -0.1) is 0 Å². The van der Waals surface area contributed by atoms with Gasteiger partial charge in [-0.3, -0.25) is 9.59 Å². The Morgan fingerprint density at radius 2 is 1.82 bits per heavy atom. The first-order chi connectivity index (χ1) is 13.5. The van der Waals surface area contributed by atoms with Crippen molar-refractivity contribution in [2.75, 3.05) is 40.3 Å². The van der Waals surface area contributed by atoms with Crippen LogP contribution in [0.3, 0.4) is 0 Å². The Balaban J connectivity index is 1.44. The maximum absolute atomic E-state index is 13.2. The molecule has 1 spiro atoms. The number of piperidine rings is 2. The number of rotatable bonds is 5. The molecule has 0 radical (unpaired) electrons. The summed E-state index contributed by atoms with van der Waals surface area (Å²) in [6.07, 6.45) is 6.17. The number of benzene rings is 1. The van der Waals surface area contributed by atoms with Crippen molar-refractivity contribution in [1.29, 1.82) is 0 Å². The average molecular weight is 384 g/mol. The van der Waals surface area contributed by atoms with Crippen LogP contribution in [-0.4, -0.2) is 72.8 Å². The first kappa shape index (κ1) is 19.4. The van der Waals surface area contributed by atoms with E-state index in [2.05, 4.69) is 34.1 Å². The van der Waals surface area contributed by atoms with Crippen LogP contribution in [-0.2, 0) is 9.59 Å². The van der Waals surface area contributed by atoms with Gasteiger partial charge in [0, 0.05) is 39.6 Å². The maximum atomic E-state index is 13.2. The van der Waals surface area contributed by atoms with E-state index in [1.54, 1.807) is 4.90 Å². The second-order valence-corrected chi connectivity index (χ2v) is 9.24. The molecule has 2 aliphatic heterocycles. The van der Waals surface area contributed by atoms with E-state index in [1.807, 2.05) is 20.2 Å². The summed E-state index contributed by atoms with van der Waals surface area (Å²) in [4.78, 5) is 31.4. The van der Waals surface area contributed by atoms with E-state index in [4.69, 9.17) is 0 Å². The van der Waals surface area contributed by atoms with Crippen molar-refractivity contribution in [2.45, 2.75) is 50.5 Å². The lowest BCUT2D eigenvalue weighted by Crippen LogP contribution is -2.54. The summed E-state index contributed by atoms with van der Waals surface area (Å²) in [6, 6.07) is 10.8. The minimum absolute atomic E-state index is 0.0115. The summed E-state index contributed by atoms with van der Waals surface area (Å²) in [5.41, 5.74) is 1.41. The highest BCUT2D eigenvalue weighted by atomic mass is 16.2. The van der Waals surface area contributed by atoms with Crippen molar-refractivity contribution in [1.82, 2.24) is 14.7 Å². The predicted octanol–water partition coefficient (Wildman–Crippen LogP) is 2.73. The molecule has 2 heterocycles. The third kappa shape index (κ3) is 4.09. The lowest BCUT2D eigenvalue weighted by atomic mass is 9.67. The van der Waals surface area contributed by atoms with Crippen LogP contribution in [0.4, 0.5) is 0 Å². The molecule has 2 saturated heterocycles. The molecule has 1 atom stereocenters. The first-order valence-corrected chi connectivity index (χ1v) is 10.8. The molecule has 0 aromatic heterocycles. The lowest BCUT2D eigenvalue weighted by Gasteiger charge is -2.50. The average Bonchev–Trinajstić information content (AvgIpc) is 3.55. The SMILES string of the molecule is CN(C)C(=O)CCN1CCC2(CC1)C[C@H](c1ccccc1)C(=O)N(C1CC1)C2. The Bertz CT molecular complexity index is 706. The van der Waals surface area contributed by atoms with E-state index < -0.39 is 0 Å². The predicted molar refractivity (Wildman–Crippen MR) is 110 cm³/mol. The highest BCUT2D eigenvalue weighted by molar-refractivity contribution is 5.85. The van der Waals surface area contributed by atoms with Gasteiger partial charge in [0.15, 0.2) is 0 Å². The van der Waals surface area contributed by atoms with Crippen molar-refractivity contribution in [3.63, 3.8) is 0 Å². The van der Waals surface area contributed by atoms with Crippen LogP contribution in [0.2, 0.25) is 0 Å². The van der Waals surface area contributed by atoms with Crippen LogP contribution in [0.25, 0.3) is 0 Å². The molecule has 3 fully saturated rings. The van der Waals surface area contributed by atoms with Crippen LogP contribution in [0.15, 0.2) is 30.3 Å². The molecule has 5 heteroatoms. The fraction of sp³-hybridized carbons (Fsp3) is 0.652. The summed E-state index contributed by atoms with van der Waals surface area (Å²) >= 11 is 0. The fourth-order valence-corrected chi connectivity index (χ4v) is 4.96. The third-order valence-corrected chi connectivity index (χ3v) is 6.97. The Morgan fingerprint density at radius 1 is 1.14 bits per heavy atom. The van der Waals surface area contributed by atoms with Gasteiger partial charge in [0.25, 0.3) is 0 Å². The summed E-state index contributed by atoms with van der Waals surface area (Å²) in [5, 5.41) is 0. The molecule has 3 aliphatic rings. The van der Waals surface area contributed by atoms with Gasteiger partial charge in [0.05, 0.1) is 5.92 Å². The van der Waals surface area contributed by atoms with E-state index in [9.17, 15) is 9.59 Å². The number of carbonyl (C=O) groups is 2. The van der Waals surface area contributed by atoms with Gasteiger partial charge in [-0.25, -0.2) is 0 Å². The summed E-state index contributed by atoms with van der Waals surface area (Å²) in [5.74, 6) is 0.559. The summed E-state index contributed by atoms with van der Waals surface area (Å²) in [7, 11) is 3.64. The summed E-state index contributed by atoms with van der Waals surface area (Å²) in [6.45, 7) is 3.86. The monoisotopic (exact) mass is 383 g/mol. The molecule has 152 valence electrons. The molecule has 0 bridgehead atoms. The zero-order valence-electron chi connectivity index (χ0n) is 17.3. The quantitative estimate of drug-likeness (QED) is 0.785. The van der Waals surface area contributed by atoms with Crippen LogP contribution in [0, 0.1) is 5.41 Å². The van der Waals surface area contributed by atoms with E-state index >= 15 is 0 Å². The lowest BCUT2D eigenvalue weighted by molar-refractivity contribution is -0.142. The van der Waals surface area contributed by atoms with Gasteiger partial charge in [0.2, 0.25) is 11.8 Å². The van der Waals surface area contributed by atoms with Crippen LogP contribution >= 0.6 is 0 Å². The van der Waals surface area contributed by atoms with Crippen LogP contribution in [0.5, 0.6) is 0 Å². The Kier molecular flexibility index (Phi) is 5.46. The smallest absolute Gasteiger partial charge is 0.230 e. The van der Waals surface area contributed by atoms with Crippen molar-refractivity contribution in [3.05, 3.63) is 35.9 Å². The number of carbonyl (C=O) groups excluding carboxylic acids is 2. The number of hydrogen-bond donors (Lipinski definition) is 0. The molecule has 1 aromatic rings. The van der Waals surface area contributed by atoms with Crippen molar-refractivity contribution in [2.24, 2.45) is 5.41 Å². The van der Waals surface area contributed by atoms with E-state index in [0.717, 1.165) is 45.4 Å². The number of amides is 2. The molecule has 0 N–H and O–H groups in total. The number of likely N-dealkylation sites (tertiary alicyclic amines) is 2. The molecule has 5 nitrogen and oxygen atoms in total. The second kappa shape index (κ2) is 7.86. The zero-order valence-corrected chi connectivity index (χ0v) is 17.3.